The molecule has 0 amide bonds. The first-order chi connectivity index (χ1) is 6.45. The molecule has 1 aliphatic carbocycles. The first-order valence-electron chi connectivity index (χ1n) is 4.47. The SMILES string of the molecule is C1=NC2=C(C2)c2ccccc2/C=C\1.Cl.Cl. The van der Waals surface area contributed by atoms with Gasteiger partial charge in [-0.15, -0.1) is 24.8 Å². The summed E-state index contributed by atoms with van der Waals surface area (Å²) in [6.07, 6.45) is 7.05. The van der Waals surface area contributed by atoms with Gasteiger partial charge >= 0.3 is 0 Å². The molecule has 1 aromatic rings. The molecule has 0 fully saturated rings. The molecule has 1 aliphatic heterocycles. The standard InChI is InChI=1S/C12H9N.2ClH/c1-2-6-10-9(4-1)5-3-7-13-12-8-11(10)12;;/h1-7H,8H2;2*1H/b5-3-,7-3?,9-5?,11-10?,13-7?,13-12?;;. The maximum atomic E-state index is 4.32. The van der Waals surface area contributed by atoms with E-state index < -0.39 is 0 Å². The number of allylic oxidation sites excluding steroid dienone is 3. The lowest BCUT2D eigenvalue weighted by molar-refractivity contribution is 1.41. The van der Waals surface area contributed by atoms with Gasteiger partial charge in [-0.3, -0.25) is 4.99 Å². The van der Waals surface area contributed by atoms with E-state index in [-0.39, 0.29) is 24.8 Å². The lowest BCUT2D eigenvalue weighted by Gasteiger charge is -2.00. The van der Waals surface area contributed by atoms with Crippen molar-refractivity contribution in [2.45, 2.75) is 6.42 Å². The van der Waals surface area contributed by atoms with Crippen LogP contribution in [0.25, 0.3) is 11.6 Å². The molecule has 0 bridgehead atoms. The maximum Gasteiger partial charge on any atom is 0.0490 e. The van der Waals surface area contributed by atoms with Crippen molar-refractivity contribution in [3.05, 3.63) is 47.2 Å². The molecule has 0 aromatic heterocycles. The van der Waals surface area contributed by atoms with Gasteiger partial charge in [-0.25, -0.2) is 0 Å². The van der Waals surface area contributed by atoms with Crippen LogP contribution >= 0.6 is 24.8 Å². The number of benzene rings is 1. The van der Waals surface area contributed by atoms with E-state index in [4.69, 9.17) is 0 Å². The average Bonchev–Trinajstić information content (AvgIpc) is 2.88. The van der Waals surface area contributed by atoms with E-state index in [1.807, 2.05) is 12.3 Å². The summed E-state index contributed by atoms with van der Waals surface area (Å²) in [4.78, 5) is 4.32. The minimum Gasteiger partial charge on any atom is -0.261 e. The van der Waals surface area contributed by atoms with E-state index in [1.54, 1.807) is 0 Å². The van der Waals surface area contributed by atoms with Crippen molar-refractivity contribution >= 4 is 42.7 Å². The molecule has 3 heteroatoms. The van der Waals surface area contributed by atoms with Crippen LogP contribution in [-0.4, -0.2) is 6.21 Å². The number of rotatable bonds is 0. The third-order valence-electron chi connectivity index (χ3n) is 2.45. The van der Waals surface area contributed by atoms with Crippen LogP contribution in [0.4, 0.5) is 0 Å². The summed E-state index contributed by atoms with van der Waals surface area (Å²) in [7, 11) is 0. The fourth-order valence-electron chi connectivity index (χ4n) is 1.69. The molecule has 0 atom stereocenters. The Kier molecular flexibility index (Phi) is 3.72. The Bertz CT molecular complexity index is 458. The van der Waals surface area contributed by atoms with Gasteiger partial charge in [0.1, 0.15) is 0 Å². The maximum absolute atomic E-state index is 4.32. The van der Waals surface area contributed by atoms with Crippen LogP contribution < -0.4 is 0 Å². The molecule has 0 unspecified atom stereocenters. The Morgan fingerprint density at radius 1 is 1.07 bits per heavy atom. The second-order valence-corrected chi connectivity index (χ2v) is 3.33. The van der Waals surface area contributed by atoms with E-state index in [0.29, 0.717) is 0 Å². The molecule has 0 saturated heterocycles. The molecule has 0 N–H and O–H groups in total. The molecule has 0 spiro atoms. The van der Waals surface area contributed by atoms with E-state index in [1.165, 1.54) is 22.4 Å². The summed E-state index contributed by atoms with van der Waals surface area (Å²) in [5, 5.41) is 0. The Morgan fingerprint density at radius 3 is 2.73 bits per heavy atom. The van der Waals surface area contributed by atoms with Gasteiger partial charge < -0.3 is 0 Å². The molecular formula is C12H11Cl2N. The number of aliphatic imine (C=N–C) groups is 1. The van der Waals surface area contributed by atoms with Gasteiger partial charge in [-0.1, -0.05) is 30.3 Å². The van der Waals surface area contributed by atoms with Gasteiger partial charge in [0.15, 0.2) is 0 Å². The van der Waals surface area contributed by atoms with E-state index >= 15 is 0 Å². The zero-order valence-electron chi connectivity index (χ0n) is 8.01. The highest BCUT2D eigenvalue weighted by molar-refractivity contribution is 5.92. The summed E-state index contributed by atoms with van der Waals surface area (Å²) in [6, 6.07) is 8.47. The molecule has 15 heavy (non-hydrogen) atoms. The van der Waals surface area contributed by atoms with Crippen molar-refractivity contribution in [1.82, 2.24) is 0 Å². The molecular weight excluding hydrogens is 229 g/mol. The Hall–Kier alpha value is -1.05. The van der Waals surface area contributed by atoms with Crippen LogP contribution in [0, 0.1) is 0 Å². The third-order valence-corrected chi connectivity index (χ3v) is 2.45. The lowest BCUT2D eigenvalue weighted by atomic mass is 10.0. The summed E-state index contributed by atoms with van der Waals surface area (Å²) in [6.45, 7) is 0. The van der Waals surface area contributed by atoms with Gasteiger partial charge in [-0.05, 0) is 22.8 Å². The van der Waals surface area contributed by atoms with Gasteiger partial charge in [0, 0.05) is 18.3 Å². The topological polar surface area (TPSA) is 12.4 Å². The van der Waals surface area contributed by atoms with Crippen molar-refractivity contribution < 1.29 is 0 Å². The molecule has 78 valence electrons. The summed E-state index contributed by atoms with van der Waals surface area (Å²) >= 11 is 0. The molecule has 1 nitrogen and oxygen atoms in total. The first-order valence-corrected chi connectivity index (χ1v) is 4.47. The smallest absolute Gasteiger partial charge is 0.0490 e. The Morgan fingerprint density at radius 2 is 1.87 bits per heavy atom. The van der Waals surface area contributed by atoms with E-state index in [2.05, 4.69) is 35.3 Å². The summed E-state index contributed by atoms with van der Waals surface area (Å²) in [5.74, 6) is 0. The predicted octanol–water partition coefficient (Wildman–Crippen LogP) is 3.74. The zero-order valence-corrected chi connectivity index (χ0v) is 9.65. The molecule has 3 rings (SSSR count). The molecule has 2 aliphatic rings. The second-order valence-electron chi connectivity index (χ2n) is 3.33. The van der Waals surface area contributed by atoms with Crippen LogP contribution in [-0.2, 0) is 0 Å². The second kappa shape index (κ2) is 4.65. The summed E-state index contributed by atoms with van der Waals surface area (Å²) in [5.41, 5.74) is 5.32. The van der Waals surface area contributed by atoms with Crippen LogP contribution in [0.1, 0.15) is 17.5 Å². The Labute approximate surface area is 101 Å². The molecule has 0 radical (unpaired) electrons. The van der Waals surface area contributed by atoms with Crippen molar-refractivity contribution in [3.63, 3.8) is 0 Å². The lowest BCUT2D eigenvalue weighted by Crippen LogP contribution is -1.81. The van der Waals surface area contributed by atoms with Gasteiger partial charge in [0.25, 0.3) is 0 Å². The molecule has 1 aromatic carbocycles. The largest absolute Gasteiger partial charge is 0.261 e. The average molecular weight is 240 g/mol. The minimum atomic E-state index is 0. The minimum absolute atomic E-state index is 0. The fourth-order valence-corrected chi connectivity index (χ4v) is 1.69. The molecule has 1 heterocycles. The highest BCUT2D eigenvalue weighted by Crippen LogP contribution is 2.42. The quantitative estimate of drug-likeness (QED) is 0.655. The number of fused-ring (bicyclic) bond motifs is 2. The fraction of sp³-hybridized carbons (Fsp3) is 0.0833. The summed E-state index contributed by atoms with van der Waals surface area (Å²) < 4.78 is 0. The van der Waals surface area contributed by atoms with Gasteiger partial charge in [0.05, 0.1) is 0 Å². The monoisotopic (exact) mass is 239 g/mol. The highest BCUT2D eigenvalue weighted by atomic mass is 35.5. The van der Waals surface area contributed by atoms with E-state index in [0.717, 1.165) is 6.42 Å². The zero-order chi connectivity index (χ0) is 8.67. The number of nitrogens with zero attached hydrogens (tertiary/aromatic N) is 1. The predicted molar refractivity (Wildman–Crippen MR) is 70.0 cm³/mol. The number of hydrogen-bond donors (Lipinski definition) is 0. The van der Waals surface area contributed by atoms with Gasteiger partial charge in [-0.2, -0.15) is 0 Å². The first kappa shape index (κ1) is 12.0. The van der Waals surface area contributed by atoms with Crippen molar-refractivity contribution in [2.75, 3.05) is 0 Å². The van der Waals surface area contributed by atoms with Gasteiger partial charge in [0.2, 0.25) is 0 Å². The van der Waals surface area contributed by atoms with Crippen LogP contribution in [0.5, 0.6) is 0 Å². The van der Waals surface area contributed by atoms with Crippen molar-refractivity contribution in [3.8, 4) is 0 Å². The van der Waals surface area contributed by atoms with Crippen molar-refractivity contribution in [1.29, 1.82) is 0 Å². The van der Waals surface area contributed by atoms with Crippen LogP contribution in [0.15, 0.2) is 41.0 Å². The number of halogens is 2. The third kappa shape index (κ3) is 2.14. The highest BCUT2D eigenvalue weighted by Gasteiger charge is 2.24. The van der Waals surface area contributed by atoms with Crippen LogP contribution in [0.3, 0.4) is 0 Å². The normalized spacial score (nSPS) is 17.3. The van der Waals surface area contributed by atoms with Crippen LogP contribution in [0.2, 0.25) is 0 Å². The number of hydrogen-bond acceptors (Lipinski definition) is 1. The Balaban J connectivity index is 0.000000562. The van der Waals surface area contributed by atoms with Crippen molar-refractivity contribution in [2.24, 2.45) is 4.99 Å². The van der Waals surface area contributed by atoms with E-state index in [9.17, 15) is 0 Å². The molecule has 0 saturated carbocycles.